The molecule has 0 aromatic heterocycles. The van der Waals surface area contributed by atoms with Crippen LogP contribution >= 0.6 is 22.6 Å². The molecule has 0 saturated carbocycles. The first-order valence-electron chi connectivity index (χ1n) is 6.59. The Labute approximate surface area is 136 Å². The van der Waals surface area contributed by atoms with Crippen molar-refractivity contribution in [2.24, 2.45) is 0 Å². The zero-order valence-electron chi connectivity index (χ0n) is 11.4. The van der Waals surface area contributed by atoms with Crippen LogP contribution in [0.25, 0.3) is 0 Å². The van der Waals surface area contributed by atoms with E-state index in [1.165, 1.54) is 0 Å². The molecule has 5 heteroatoms. The number of amides is 1. The van der Waals surface area contributed by atoms with Gasteiger partial charge in [-0.2, -0.15) is 0 Å². The summed E-state index contributed by atoms with van der Waals surface area (Å²) in [5, 5.41) is 2.99. The highest BCUT2D eigenvalue weighted by Crippen LogP contribution is 2.34. The molecule has 21 heavy (non-hydrogen) atoms. The third-order valence-corrected chi connectivity index (χ3v) is 4.07. The van der Waals surface area contributed by atoms with Crippen LogP contribution in [0.4, 0.5) is 0 Å². The molecule has 2 aromatic rings. The minimum absolute atomic E-state index is 0.0865. The number of fused-ring (bicyclic) bond motifs is 1. The fraction of sp³-hybridized carbons (Fsp3) is 0.188. The van der Waals surface area contributed by atoms with E-state index in [2.05, 4.69) is 27.9 Å². The maximum Gasteiger partial charge on any atom is 0.251 e. The molecule has 1 aliphatic rings. The first kappa shape index (κ1) is 14.2. The molecule has 4 nitrogen and oxygen atoms in total. The van der Waals surface area contributed by atoms with Gasteiger partial charge in [0.15, 0.2) is 11.5 Å². The van der Waals surface area contributed by atoms with E-state index in [1.807, 2.05) is 49.4 Å². The minimum Gasteiger partial charge on any atom is -0.454 e. The van der Waals surface area contributed by atoms with Gasteiger partial charge >= 0.3 is 0 Å². The van der Waals surface area contributed by atoms with Crippen molar-refractivity contribution in [1.29, 1.82) is 0 Å². The van der Waals surface area contributed by atoms with Crippen molar-refractivity contribution in [3.05, 3.63) is 57.2 Å². The summed E-state index contributed by atoms with van der Waals surface area (Å²) in [7, 11) is 0. The van der Waals surface area contributed by atoms with E-state index in [4.69, 9.17) is 9.47 Å². The number of carbonyl (C=O) groups is 1. The van der Waals surface area contributed by atoms with Crippen molar-refractivity contribution in [2.45, 2.75) is 13.0 Å². The fourth-order valence-corrected chi connectivity index (χ4v) is 2.51. The van der Waals surface area contributed by atoms with Crippen LogP contribution in [0.15, 0.2) is 42.5 Å². The van der Waals surface area contributed by atoms with Crippen LogP contribution in [-0.2, 0) is 0 Å². The van der Waals surface area contributed by atoms with Gasteiger partial charge in [-0.15, -0.1) is 0 Å². The predicted octanol–water partition coefficient (Wildman–Crippen LogP) is 3.51. The van der Waals surface area contributed by atoms with Crippen molar-refractivity contribution >= 4 is 28.5 Å². The van der Waals surface area contributed by atoms with E-state index in [1.54, 1.807) is 0 Å². The fourth-order valence-electron chi connectivity index (χ4n) is 2.15. The number of nitrogens with one attached hydrogen (secondary N) is 1. The van der Waals surface area contributed by atoms with Crippen LogP contribution in [0.2, 0.25) is 0 Å². The number of rotatable bonds is 3. The molecule has 0 spiro atoms. The Morgan fingerprint density at radius 1 is 1.14 bits per heavy atom. The summed E-state index contributed by atoms with van der Waals surface area (Å²) in [6, 6.07) is 13.1. The SMILES string of the molecule is CC(NC(=O)c1ccc(I)cc1)c1ccc2c(c1)OCO2. The van der Waals surface area contributed by atoms with Gasteiger partial charge in [0.25, 0.3) is 5.91 Å². The van der Waals surface area contributed by atoms with Crippen LogP contribution in [0.5, 0.6) is 11.5 Å². The number of halogens is 1. The Hall–Kier alpha value is -1.76. The van der Waals surface area contributed by atoms with E-state index in [0.29, 0.717) is 5.56 Å². The second-order valence-electron chi connectivity index (χ2n) is 4.81. The second-order valence-corrected chi connectivity index (χ2v) is 6.06. The average Bonchev–Trinajstić information content (AvgIpc) is 2.95. The Morgan fingerprint density at radius 2 is 1.86 bits per heavy atom. The average molecular weight is 395 g/mol. The summed E-state index contributed by atoms with van der Waals surface area (Å²) >= 11 is 2.21. The summed E-state index contributed by atoms with van der Waals surface area (Å²) in [5.74, 6) is 1.38. The lowest BCUT2D eigenvalue weighted by Gasteiger charge is -2.15. The molecule has 1 amide bonds. The van der Waals surface area contributed by atoms with Gasteiger partial charge in [0.05, 0.1) is 6.04 Å². The second kappa shape index (κ2) is 5.93. The first-order chi connectivity index (χ1) is 10.1. The Bertz CT molecular complexity index is 670. The molecular formula is C16H14INO3. The molecular weight excluding hydrogens is 381 g/mol. The summed E-state index contributed by atoms with van der Waals surface area (Å²) in [4.78, 5) is 12.2. The standard InChI is InChI=1S/C16H14INO3/c1-10(12-4-7-14-15(8-12)21-9-20-14)18-16(19)11-2-5-13(17)6-3-11/h2-8,10H,9H2,1H3,(H,18,19). The molecule has 0 radical (unpaired) electrons. The summed E-state index contributed by atoms with van der Waals surface area (Å²) in [6.07, 6.45) is 0. The largest absolute Gasteiger partial charge is 0.454 e. The molecule has 3 rings (SSSR count). The smallest absolute Gasteiger partial charge is 0.251 e. The van der Waals surface area contributed by atoms with Crippen LogP contribution in [0.1, 0.15) is 28.9 Å². The highest BCUT2D eigenvalue weighted by molar-refractivity contribution is 14.1. The Balaban J connectivity index is 1.72. The lowest BCUT2D eigenvalue weighted by atomic mass is 10.1. The molecule has 0 aliphatic carbocycles. The van der Waals surface area contributed by atoms with Crippen molar-refractivity contribution in [3.63, 3.8) is 0 Å². The van der Waals surface area contributed by atoms with E-state index in [-0.39, 0.29) is 18.7 Å². The molecule has 1 N–H and O–H groups in total. The zero-order chi connectivity index (χ0) is 14.8. The van der Waals surface area contributed by atoms with Crippen molar-refractivity contribution in [2.75, 3.05) is 6.79 Å². The van der Waals surface area contributed by atoms with Gasteiger partial charge in [0.1, 0.15) is 0 Å². The number of ether oxygens (including phenoxy) is 2. The third-order valence-electron chi connectivity index (χ3n) is 3.35. The lowest BCUT2D eigenvalue weighted by molar-refractivity contribution is 0.0939. The van der Waals surface area contributed by atoms with Gasteiger partial charge in [-0.3, -0.25) is 4.79 Å². The molecule has 0 bridgehead atoms. The van der Waals surface area contributed by atoms with Crippen LogP contribution in [-0.4, -0.2) is 12.7 Å². The molecule has 108 valence electrons. The molecule has 0 fully saturated rings. The number of benzene rings is 2. The highest BCUT2D eigenvalue weighted by Gasteiger charge is 2.17. The van der Waals surface area contributed by atoms with E-state index in [0.717, 1.165) is 20.6 Å². The molecule has 1 heterocycles. The normalized spacial score (nSPS) is 13.8. The van der Waals surface area contributed by atoms with Gasteiger partial charge in [-0.25, -0.2) is 0 Å². The molecule has 1 atom stereocenters. The van der Waals surface area contributed by atoms with Crippen LogP contribution in [0, 0.1) is 3.57 Å². The molecule has 1 aliphatic heterocycles. The maximum atomic E-state index is 12.2. The van der Waals surface area contributed by atoms with Gasteiger partial charge < -0.3 is 14.8 Å². The lowest BCUT2D eigenvalue weighted by Crippen LogP contribution is -2.26. The van der Waals surface area contributed by atoms with Crippen LogP contribution < -0.4 is 14.8 Å². The van der Waals surface area contributed by atoms with E-state index < -0.39 is 0 Å². The van der Waals surface area contributed by atoms with Gasteiger partial charge in [0.2, 0.25) is 6.79 Å². The van der Waals surface area contributed by atoms with Gasteiger partial charge in [0, 0.05) is 9.13 Å². The maximum absolute atomic E-state index is 12.2. The van der Waals surface area contributed by atoms with Gasteiger partial charge in [-0.05, 0) is 71.5 Å². The predicted molar refractivity (Wildman–Crippen MR) is 87.6 cm³/mol. The Morgan fingerprint density at radius 3 is 2.62 bits per heavy atom. The summed E-state index contributed by atoms with van der Waals surface area (Å²) in [5.41, 5.74) is 1.64. The quantitative estimate of drug-likeness (QED) is 0.810. The monoisotopic (exact) mass is 395 g/mol. The zero-order valence-corrected chi connectivity index (χ0v) is 13.6. The van der Waals surface area contributed by atoms with E-state index in [9.17, 15) is 4.79 Å². The number of hydrogen-bond donors (Lipinski definition) is 1. The summed E-state index contributed by atoms with van der Waals surface area (Å²) < 4.78 is 11.7. The van der Waals surface area contributed by atoms with Crippen molar-refractivity contribution in [1.82, 2.24) is 5.32 Å². The van der Waals surface area contributed by atoms with Crippen molar-refractivity contribution < 1.29 is 14.3 Å². The topological polar surface area (TPSA) is 47.6 Å². The molecule has 2 aromatic carbocycles. The first-order valence-corrected chi connectivity index (χ1v) is 7.67. The van der Waals surface area contributed by atoms with Crippen molar-refractivity contribution in [3.8, 4) is 11.5 Å². The van der Waals surface area contributed by atoms with E-state index >= 15 is 0 Å². The van der Waals surface area contributed by atoms with Crippen LogP contribution in [0.3, 0.4) is 0 Å². The highest BCUT2D eigenvalue weighted by atomic mass is 127. The third kappa shape index (κ3) is 3.12. The molecule has 0 saturated heterocycles. The summed E-state index contributed by atoms with van der Waals surface area (Å²) in [6.45, 7) is 2.20. The number of hydrogen-bond acceptors (Lipinski definition) is 3. The number of carbonyl (C=O) groups excluding carboxylic acids is 1. The minimum atomic E-state index is -0.105. The molecule has 1 unspecified atom stereocenters. The van der Waals surface area contributed by atoms with Gasteiger partial charge in [-0.1, -0.05) is 6.07 Å². The Kier molecular flexibility index (Phi) is 4.01.